The zero-order valence-electron chi connectivity index (χ0n) is 14.1. The van der Waals surface area contributed by atoms with E-state index in [1.165, 1.54) is 12.1 Å². The molecule has 0 atom stereocenters. The highest BCUT2D eigenvalue weighted by Crippen LogP contribution is 2.34. The fourth-order valence-corrected chi connectivity index (χ4v) is 2.74. The second-order valence-corrected chi connectivity index (χ2v) is 6.62. The first kappa shape index (κ1) is 19.8. The SMILES string of the molecule is CCOc1cc(/C=C(/C#N)C(=O)Nc2ccc(C)c(Cl)c2)c(Br)cc1O. The van der Waals surface area contributed by atoms with E-state index >= 15 is 0 Å². The number of halogens is 2. The maximum Gasteiger partial charge on any atom is 0.266 e. The van der Waals surface area contributed by atoms with Gasteiger partial charge in [-0.15, -0.1) is 0 Å². The molecule has 0 aromatic heterocycles. The van der Waals surface area contributed by atoms with Crippen molar-refractivity contribution in [1.82, 2.24) is 0 Å². The van der Waals surface area contributed by atoms with E-state index < -0.39 is 5.91 Å². The van der Waals surface area contributed by atoms with Gasteiger partial charge in [0.05, 0.1) is 6.61 Å². The van der Waals surface area contributed by atoms with Crippen molar-refractivity contribution < 1.29 is 14.6 Å². The summed E-state index contributed by atoms with van der Waals surface area (Å²) in [5, 5.41) is 22.4. The number of nitriles is 1. The molecule has 0 heterocycles. The number of nitrogens with zero attached hydrogens (tertiary/aromatic N) is 1. The lowest BCUT2D eigenvalue weighted by atomic mass is 10.1. The molecule has 5 nitrogen and oxygen atoms in total. The number of amides is 1. The third-order valence-electron chi connectivity index (χ3n) is 3.47. The number of nitrogens with one attached hydrogen (secondary N) is 1. The van der Waals surface area contributed by atoms with Gasteiger partial charge < -0.3 is 15.2 Å². The summed E-state index contributed by atoms with van der Waals surface area (Å²) >= 11 is 9.35. The van der Waals surface area contributed by atoms with Crippen LogP contribution in [0.25, 0.3) is 6.08 Å². The number of carbonyl (C=O) groups is 1. The van der Waals surface area contributed by atoms with Crippen LogP contribution in [0.1, 0.15) is 18.1 Å². The Morgan fingerprint density at radius 3 is 2.77 bits per heavy atom. The average molecular weight is 436 g/mol. The van der Waals surface area contributed by atoms with Crippen LogP contribution in [-0.2, 0) is 4.79 Å². The van der Waals surface area contributed by atoms with Gasteiger partial charge in [0.15, 0.2) is 11.5 Å². The smallest absolute Gasteiger partial charge is 0.266 e. The summed E-state index contributed by atoms with van der Waals surface area (Å²) in [6.07, 6.45) is 1.41. The van der Waals surface area contributed by atoms with Crippen LogP contribution >= 0.6 is 27.5 Å². The normalized spacial score (nSPS) is 11.0. The van der Waals surface area contributed by atoms with Crippen LogP contribution in [-0.4, -0.2) is 17.6 Å². The Morgan fingerprint density at radius 2 is 2.15 bits per heavy atom. The number of carbonyl (C=O) groups excluding carboxylic acids is 1. The number of hydrogen-bond acceptors (Lipinski definition) is 4. The summed E-state index contributed by atoms with van der Waals surface area (Å²) in [7, 11) is 0. The largest absolute Gasteiger partial charge is 0.504 e. The molecule has 0 unspecified atom stereocenters. The van der Waals surface area contributed by atoms with Crippen LogP contribution in [0.15, 0.2) is 40.4 Å². The Labute approximate surface area is 165 Å². The fraction of sp³-hybridized carbons (Fsp3) is 0.158. The van der Waals surface area contributed by atoms with Gasteiger partial charge in [0.1, 0.15) is 11.6 Å². The standard InChI is InChI=1S/C19H16BrClN2O3/c1-3-26-18-7-12(15(20)9-17(18)24)6-13(10-22)19(25)23-14-5-4-11(2)16(21)8-14/h4-9,24H,3H2,1-2H3,(H,23,25)/b13-6-. The van der Waals surface area contributed by atoms with Crippen molar-refractivity contribution in [2.45, 2.75) is 13.8 Å². The summed E-state index contributed by atoms with van der Waals surface area (Å²) in [4.78, 5) is 12.4. The van der Waals surface area contributed by atoms with Crippen LogP contribution in [0.4, 0.5) is 5.69 Å². The van der Waals surface area contributed by atoms with E-state index in [-0.39, 0.29) is 17.1 Å². The summed E-state index contributed by atoms with van der Waals surface area (Å²) in [6, 6.07) is 9.98. The van der Waals surface area contributed by atoms with Crippen molar-refractivity contribution in [2.75, 3.05) is 11.9 Å². The summed E-state index contributed by atoms with van der Waals surface area (Å²) in [5.41, 5.74) is 1.80. The average Bonchev–Trinajstić information content (AvgIpc) is 2.59. The highest BCUT2D eigenvalue weighted by molar-refractivity contribution is 9.10. The van der Waals surface area contributed by atoms with Crippen molar-refractivity contribution in [2.24, 2.45) is 0 Å². The number of aryl methyl sites for hydroxylation is 1. The van der Waals surface area contributed by atoms with Gasteiger partial charge in [-0.2, -0.15) is 5.26 Å². The Balaban J connectivity index is 2.32. The number of hydrogen-bond donors (Lipinski definition) is 2. The van der Waals surface area contributed by atoms with Crippen LogP contribution < -0.4 is 10.1 Å². The minimum atomic E-state index is -0.564. The zero-order chi connectivity index (χ0) is 19.3. The van der Waals surface area contributed by atoms with Crippen LogP contribution in [0.3, 0.4) is 0 Å². The lowest BCUT2D eigenvalue weighted by molar-refractivity contribution is -0.112. The Morgan fingerprint density at radius 1 is 1.42 bits per heavy atom. The molecule has 2 N–H and O–H groups in total. The minimum absolute atomic E-state index is 0.0341. The number of rotatable bonds is 5. The van der Waals surface area contributed by atoms with Gasteiger partial charge in [-0.05, 0) is 55.3 Å². The number of aromatic hydroxyl groups is 1. The van der Waals surface area contributed by atoms with Gasteiger partial charge in [-0.1, -0.05) is 33.6 Å². The van der Waals surface area contributed by atoms with Crippen molar-refractivity contribution in [3.8, 4) is 17.6 Å². The van der Waals surface area contributed by atoms with E-state index in [9.17, 15) is 15.2 Å². The Kier molecular flexibility index (Phi) is 6.67. The van der Waals surface area contributed by atoms with E-state index in [0.29, 0.717) is 27.4 Å². The molecule has 0 spiro atoms. The molecule has 0 aliphatic rings. The molecule has 134 valence electrons. The number of phenolic OH excluding ortho intramolecular Hbond substituents is 1. The first-order valence-electron chi connectivity index (χ1n) is 7.70. The van der Waals surface area contributed by atoms with E-state index in [0.717, 1.165) is 5.56 Å². The predicted molar refractivity (Wildman–Crippen MR) is 105 cm³/mol. The maximum absolute atomic E-state index is 12.4. The van der Waals surface area contributed by atoms with Gasteiger partial charge in [-0.25, -0.2) is 0 Å². The molecule has 0 aliphatic carbocycles. The number of ether oxygens (including phenoxy) is 1. The van der Waals surface area contributed by atoms with E-state index in [4.69, 9.17) is 16.3 Å². The second kappa shape index (κ2) is 8.75. The van der Waals surface area contributed by atoms with Crippen molar-refractivity contribution in [3.05, 3.63) is 56.5 Å². The monoisotopic (exact) mass is 434 g/mol. The minimum Gasteiger partial charge on any atom is -0.504 e. The van der Waals surface area contributed by atoms with Crippen molar-refractivity contribution in [3.63, 3.8) is 0 Å². The molecule has 0 fully saturated rings. The van der Waals surface area contributed by atoms with Gasteiger partial charge in [0.2, 0.25) is 0 Å². The molecule has 26 heavy (non-hydrogen) atoms. The molecule has 0 saturated carbocycles. The molecule has 7 heteroatoms. The first-order chi connectivity index (χ1) is 12.3. The predicted octanol–water partition coefficient (Wildman–Crippen LogP) is 5.06. The number of benzene rings is 2. The topological polar surface area (TPSA) is 82.3 Å². The molecule has 1 amide bonds. The molecule has 2 rings (SSSR count). The Bertz CT molecular complexity index is 920. The van der Waals surface area contributed by atoms with Gasteiger partial charge in [0.25, 0.3) is 5.91 Å². The molecule has 0 saturated heterocycles. The van der Waals surface area contributed by atoms with Gasteiger partial charge in [0, 0.05) is 15.2 Å². The molecule has 2 aromatic carbocycles. The molecule has 0 bridgehead atoms. The molecular weight excluding hydrogens is 420 g/mol. The summed E-state index contributed by atoms with van der Waals surface area (Å²) in [6.45, 7) is 4.02. The molecule has 0 aliphatic heterocycles. The van der Waals surface area contributed by atoms with Crippen LogP contribution in [0, 0.1) is 18.3 Å². The number of phenols is 1. The lowest BCUT2D eigenvalue weighted by Crippen LogP contribution is -2.13. The first-order valence-corrected chi connectivity index (χ1v) is 8.87. The van der Waals surface area contributed by atoms with Gasteiger partial charge >= 0.3 is 0 Å². The number of anilines is 1. The second-order valence-electron chi connectivity index (χ2n) is 5.36. The maximum atomic E-state index is 12.4. The third-order valence-corrected chi connectivity index (χ3v) is 4.57. The van der Waals surface area contributed by atoms with Crippen molar-refractivity contribution >= 4 is 45.2 Å². The summed E-state index contributed by atoms with van der Waals surface area (Å²) < 4.78 is 5.86. The van der Waals surface area contributed by atoms with E-state index in [1.807, 2.05) is 13.0 Å². The van der Waals surface area contributed by atoms with Gasteiger partial charge in [-0.3, -0.25) is 4.79 Å². The van der Waals surface area contributed by atoms with E-state index in [1.54, 1.807) is 31.2 Å². The molecule has 2 aromatic rings. The van der Waals surface area contributed by atoms with Crippen molar-refractivity contribution in [1.29, 1.82) is 5.26 Å². The third kappa shape index (κ3) is 4.78. The highest BCUT2D eigenvalue weighted by atomic mass is 79.9. The highest BCUT2D eigenvalue weighted by Gasteiger charge is 2.13. The summed E-state index contributed by atoms with van der Waals surface area (Å²) in [5.74, 6) is -0.330. The van der Waals surface area contributed by atoms with E-state index in [2.05, 4.69) is 21.2 Å². The molecule has 0 radical (unpaired) electrons. The fourth-order valence-electron chi connectivity index (χ4n) is 2.11. The quantitative estimate of drug-likeness (QED) is 0.508. The van der Waals surface area contributed by atoms with Crippen LogP contribution in [0.5, 0.6) is 11.5 Å². The zero-order valence-corrected chi connectivity index (χ0v) is 16.5. The van der Waals surface area contributed by atoms with Crippen LogP contribution in [0.2, 0.25) is 5.02 Å². The Hall–Kier alpha value is -2.49. The lowest BCUT2D eigenvalue weighted by Gasteiger charge is -2.09. The molecular formula is C19H16BrClN2O3.